The lowest BCUT2D eigenvalue weighted by Crippen LogP contribution is -2.43. The van der Waals surface area contributed by atoms with Crippen LogP contribution in [0.25, 0.3) is 5.65 Å². The molecular formula is C11H12ClN3. The fourth-order valence-electron chi connectivity index (χ4n) is 1.91. The van der Waals surface area contributed by atoms with Crippen molar-refractivity contribution in [1.29, 1.82) is 0 Å². The molecule has 0 atom stereocenters. The first kappa shape index (κ1) is 9.19. The van der Waals surface area contributed by atoms with Gasteiger partial charge >= 0.3 is 0 Å². The van der Waals surface area contributed by atoms with Crippen LogP contribution in [-0.4, -0.2) is 22.5 Å². The number of hydrogen-bond donors (Lipinski definition) is 1. The maximum atomic E-state index is 6.07. The molecule has 0 aliphatic carbocycles. The van der Waals surface area contributed by atoms with Gasteiger partial charge in [0, 0.05) is 6.20 Å². The number of imidazole rings is 1. The molecule has 0 saturated carbocycles. The summed E-state index contributed by atoms with van der Waals surface area (Å²) in [7, 11) is 0. The van der Waals surface area contributed by atoms with Crippen LogP contribution in [0.5, 0.6) is 0 Å². The Labute approximate surface area is 93.1 Å². The molecule has 3 heterocycles. The number of rotatable bonds is 2. The van der Waals surface area contributed by atoms with Gasteiger partial charge in [0.2, 0.25) is 0 Å². The second-order valence-corrected chi connectivity index (χ2v) is 4.42. The van der Waals surface area contributed by atoms with E-state index in [0.717, 1.165) is 41.9 Å². The topological polar surface area (TPSA) is 29.3 Å². The standard InChI is InChI=1S/C11H12ClN3/c12-10-2-1-3-11-14-9(7-15(10)11)4-8-5-13-6-8/h1-3,7-8,13H,4-6H2. The zero-order chi connectivity index (χ0) is 10.3. The van der Waals surface area contributed by atoms with E-state index in [-0.39, 0.29) is 0 Å². The third-order valence-electron chi connectivity index (χ3n) is 2.86. The summed E-state index contributed by atoms with van der Waals surface area (Å²) in [5.41, 5.74) is 2.07. The normalized spacial score (nSPS) is 16.9. The summed E-state index contributed by atoms with van der Waals surface area (Å²) in [5.74, 6) is 0.744. The van der Waals surface area contributed by atoms with Crippen LogP contribution in [0, 0.1) is 5.92 Å². The minimum absolute atomic E-state index is 0.720. The predicted octanol–water partition coefficient (Wildman–Crippen LogP) is 1.75. The largest absolute Gasteiger partial charge is 0.316 e. The smallest absolute Gasteiger partial charge is 0.138 e. The Morgan fingerprint density at radius 3 is 3.00 bits per heavy atom. The lowest BCUT2D eigenvalue weighted by molar-refractivity contribution is 0.344. The molecule has 1 fully saturated rings. The van der Waals surface area contributed by atoms with Crippen molar-refractivity contribution in [2.75, 3.05) is 13.1 Å². The number of fused-ring (bicyclic) bond motifs is 1. The van der Waals surface area contributed by atoms with E-state index in [1.54, 1.807) is 0 Å². The molecule has 15 heavy (non-hydrogen) atoms. The quantitative estimate of drug-likeness (QED) is 0.783. The van der Waals surface area contributed by atoms with Gasteiger partial charge < -0.3 is 5.32 Å². The first-order valence-electron chi connectivity index (χ1n) is 5.16. The van der Waals surface area contributed by atoms with E-state index < -0.39 is 0 Å². The minimum atomic E-state index is 0.720. The number of hydrogen-bond acceptors (Lipinski definition) is 2. The van der Waals surface area contributed by atoms with Crippen LogP contribution < -0.4 is 5.32 Å². The Hall–Kier alpha value is -1.06. The maximum absolute atomic E-state index is 6.07. The minimum Gasteiger partial charge on any atom is -0.316 e. The van der Waals surface area contributed by atoms with Gasteiger partial charge in [0.1, 0.15) is 10.8 Å². The highest BCUT2D eigenvalue weighted by Gasteiger charge is 2.18. The molecule has 1 aliphatic heterocycles. The molecule has 0 radical (unpaired) electrons. The van der Waals surface area contributed by atoms with E-state index in [2.05, 4.69) is 10.3 Å². The Morgan fingerprint density at radius 1 is 1.47 bits per heavy atom. The SMILES string of the molecule is Clc1cccc2nc(CC3CNC3)cn12. The van der Waals surface area contributed by atoms with Crippen molar-refractivity contribution in [2.24, 2.45) is 5.92 Å². The maximum Gasteiger partial charge on any atom is 0.138 e. The van der Waals surface area contributed by atoms with Crippen molar-refractivity contribution in [3.8, 4) is 0 Å². The Kier molecular flexibility index (Phi) is 2.15. The van der Waals surface area contributed by atoms with Crippen molar-refractivity contribution in [1.82, 2.24) is 14.7 Å². The molecule has 3 rings (SSSR count). The highest BCUT2D eigenvalue weighted by atomic mass is 35.5. The molecule has 1 saturated heterocycles. The molecule has 0 amide bonds. The molecular weight excluding hydrogens is 210 g/mol. The Bertz CT molecular complexity index is 488. The monoisotopic (exact) mass is 221 g/mol. The Morgan fingerprint density at radius 2 is 2.33 bits per heavy atom. The van der Waals surface area contributed by atoms with E-state index >= 15 is 0 Å². The first-order valence-corrected chi connectivity index (χ1v) is 5.54. The zero-order valence-electron chi connectivity index (χ0n) is 8.28. The van der Waals surface area contributed by atoms with Gasteiger partial charge in [0.25, 0.3) is 0 Å². The van der Waals surface area contributed by atoms with E-state index in [0.29, 0.717) is 0 Å². The van der Waals surface area contributed by atoms with Crippen molar-refractivity contribution in [2.45, 2.75) is 6.42 Å². The number of halogens is 1. The fraction of sp³-hybridized carbons (Fsp3) is 0.364. The van der Waals surface area contributed by atoms with Crippen LogP contribution in [0.15, 0.2) is 24.4 Å². The van der Waals surface area contributed by atoms with Crippen molar-refractivity contribution in [3.05, 3.63) is 35.2 Å². The Balaban J connectivity index is 1.95. The molecule has 2 aromatic rings. The summed E-state index contributed by atoms with van der Waals surface area (Å²) in [6, 6.07) is 5.79. The summed E-state index contributed by atoms with van der Waals surface area (Å²) >= 11 is 6.07. The van der Waals surface area contributed by atoms with Crippen LogP contribution >= 0.6 is 11.6 Å². The van der Waals surface area contributed by atoms with Gasteiger partial charge in [-0.15, -0.1) is 0 Å². The van der Waals surface area contributed by atoms with E-state index in [1.807, 2.05) is 28.8 Å². The van der Waals surface area contributed by atoms with Crippen LogP contribution in [0.2, 0.25) is 5.15 Å². The zero-order valence-corrected chi connectivity index (χ0v) is 9.04. The van der Waals surface area contributed by atoms with E-state index in [9.17, 15) is 0 Å². The number of pyridine rings is 1. The predicted molar refractivity (Wildman–Crippen MR) is 60.3 cm³/mol. The first-order chi connectivity index (χ1) is 7.33. The molecule has 78 valence electrons. The van der Waals surface area contributed by atoms with Crippen LogP contribution in [0.3, 0.4) is 0 Å². The summed E-state index contributed by atoms with van der Waals surface area (Å²) in [4.78, 5) is 4.55. The van der Waals surface area contributed by atoms with Crippen LogP contribution in [-0.2, 0) is 6.42 Å². The highest BCUT2D eigenvalue weighted by molar-refractivity contribution is 6.29. The molecule has 2 aromatic heterocycles. The average molecular weight is 222 g/mol. The van der Waals surface area contributed by atoms with Gasteiger partial charge in [-0.05, 0) is 37.6 Å². The third kappa shape index (κ3) is 1.62. The van der Waals surface area contributed by atoms with E-state index in [4.69, 9.17) is 11.6 Å². The third-order valence-corrected chi connectivity index (χ3v) is 3.16. The van der Waals surface area contributed by atoms with Gasteiger partial charge in [0.05, 0.1) is 5.69 Å². The van der Waals surface area contributed by atoms with Gasteiger partial charge in [-0.25, -0.2) is 4.98 Å². The number of nitrogens with one attached hydrogen (secondary N) is 1. The van der Waals surface area contributed by atoms with Gasteiger partial charge in [-0.2, -0.15) is 0 Å². The second-order valence-electron chi connectivity index (χ2n) is 4.04. The molecule has 1 N–H and O–H groups in total. The molecule has 4 heteroatoms. The van der Waals surface area contributed by atoms with Crippen LogP contribution in [0.4, 0.5) is 0 Å². The molecule has 3 nitrogen and oxygen atoms in total. The van der Waals surface area contributed by atoms with Gasteiger partial charge in [-0.3, -0.25) is 4.40 Å². The van der Waals surface area contributed by atoms with Crippen LogP contribution in [0.1, 0.15) is 5.69 Å². The average Bonchev–Trinajstić information content (AvgIpc) is 2.56. The molecule has 0 unspecified atom stereocenters. The van der Waals surface area contributed by atoms with Crippen molar-refractivity contribution in [3.63, 3.8) is 0 Å². The molecule has 0 aromatic carbocycles. The number of aromatic nitrogens is 2. The summed E-state index contributed by atoms with van der Waals surface area (Å²) in [6.07, 6.45) is 3.08. The summed E-state index contributed by atoms with van der Waals surface area (Å²) in [5, 5.41) is 3.99. The lowest BCUT2D eigenvalue weighted by Gasteiger charge is -2.25. The molecule has 0 bridgehead atoms. The summed E-state index contributed by atoms with van der Waals surface area (Å²) < 4.78 is 1.93. The lowest BCUT2D eigenvalue weighted by atomic mass is 9.98. The molecule has 1 aliphatic rings. The fourth-order valence-corrected chi connectivity index (χ4v) is 2.12. The highest BCUT2D eigenvalue weighted by Crippen LogP contribution is 2.16. The second kappa shape index (κ2) is 3.51. The number of nitrogens with zero attached hydrogens (tertiary/aromatic N) is 2. The van der Waals surface area contributed by atoms with Crippen molar-refractivity contribution >= 4 is 17.2 Å². The van der Waals surface area contributed by atoms with Gasteiger partial charge in [0.15, 0.2) is 0 Å². The van der Waals surface area contributed by atoms with Gasteiger partial charge in [-0.1, -0.05) is 17.7 Å². The summed E-state index contributed by atoms with van der Waals surface area (Å²) in [6.45, 7) is 2.23. The molecule has 0 spiro atoms. The van der Waals surface area contributed by atoms with E-state index in [1.165, 1.54) is 0 Å². The van der Waals surface area contributed by atoms with Crippen molar-refractivity contribution < 1.29 is 0 Å².